The highest BCUT2D eigenvalue weighted by molar-refractivity contribution is 5.78. The highest BCUT2D eigenvalue weighted by Gasteiger charge is 2.22. The first kappa shape index (κ1) is 14.6. The second-order valence-corrected chi connectivity index (χ2v) is 4.71. The molecule has 0 unspecified atom stereocenters. The average molecular weight is 280 g/mol. The molecule has 1 fully saturated rings. The number of rotatable bonds is 5. The fraction of sp³-hybridized carbons (Fsp3) is 0.500. The van der Waals surface area contributed by atoms with Crippen molar-refractivity contribution in [1.29, 1.82) is 0 Å². The Labute approximate surface area is 118 Å². The summed E-state index contributed by atoms with van der Waals surface area (Å²) in [6.45, 7) is 2.04. The van der Waals surface area contributed by atoms with Crippen LogP contribution in [0.3, 0.4) is 0 Å². The summed E-state index contributed by atoms with van der Waals surface area (Å²) in [5.41, 5.74) is 0.665. The van der Waals surface area contributed by atoms with Crippen molar-refractivity contribution < 1.29 is 19.4 Å². The molecule has 1 heterocycles. The number of ether oxygens (including phenoxy) is 2. The number of nitrogens with zero attached hydrogens (tertiary/aromatic N) is 1. The van der Waals surface area contributed by atoms with Crippen molar-refractivity contribution in [1.82, 2.24) is 10.2 Å². The SMILES string of the molecule is COc1ccc(OC)c([C@H](O)CN2CCNC(=O)C2)c1. The molecule has 0 radical (unpaired) electrons. The highest BCUT2D eigenvalue weighted by atomic mass is 16.5. The Hall–Kier alpha value is -1.79. The molecule has 1 amide bonds. The number of methoxy groups -OCH3 is 2. The molecule has 1 aliphatic rings. The van der Waals surface area contributed by atoms with E-state index in [1.54, 1.807) is 32.4 Å². The number of β-amino-alcohol motifs (C(OH)–C–C–N with tert-alkyl or cyclic N) is 1. The van der Waals surface area contributed by atoms with Gasteiger partial charge >= 0.3 is 0 Å². The van der Waals surface area contributed by atoms with Crippen LogP contribution in [0.2, 0.25) is 0 Å². The van der Waals surface area contributed by atoms with Crippen LogP contribution in [0.4, 0.5) is 0 Å². The zero-order chi connectivity index (χ0) is 14.5. The van der Waals surface area contributed by atoms with E-state index in [4.69, 9.17) is 9.47 Å². The van der Waals surface area contributed by atoms with Gasteiger partial charge in [0.05, 0.1) is 26.9 Å². The number of amides is 1. The molecule has 2 N–H and O–H groups in total. The Balaban J connectivity index is 2.11. The number of benzene rings is 1. The molecule has 20 heavy (non-hydrogen) atoms. The number of piperazine rings is 1. The molecule has 1 saturated heterocycles. The maximum atomic E-state index is 11.3. The van der Waals surface area contributed by atoms with Crippen LogP contribution in [0.25, 0.3) is 0 Å². The van der Waals surface area contributed by atoms with Crippen LogP contribution in [0.5, 0.6) is 11.5 Å². The Morgan fingerprint density at radius 1 is 1.40 bits per heavy atom. The molecule has 0 bridgehead atoms. The zero-order valence-electron chi connectivity index (χ0n) is 11.8. The number of hydrogen-bond donors (Lipinski definition) is 2. The van der Waals surface area contributed by atoms with Crippen LogP contribution in [-0.4, -0.2) is 56.3 Å². The van der Waals surface area contributed by atoms with E-state index >= 15 is 0 Å². The van der Waals surface area contributed by atoms with Crippen LogP contribution in [0, 0.1) is 0 Å². The van der Waals surface area contributed by atoms with E-state index in [9.17, 15) is 9.90 Å². The van der Waals surface area contributed by atoms with Gasteiger partial charge < -0.3 is 19.9 Å². The summed E-state index contributed by atoms with van der Waals surface area (Å²) in [6.07, 6.45) is -0.731. The molecular formula is C14H20N2O4. The Kier molecular flexibility index (Phi) is 4.81. The highest BCUT2D eigenvalue weighted by Crippen LogP contribution is 2.29. The van der Waals surface area contributed by atoms with Crippen LogP contribution in [0.15, 0.2) is 18.2 Å². The first-order valence-electron chi connectivity index (χ1n) is 6.53. The van der Waals surface area contributed by atoms with E-state index in [0.717, 1.165) is 6.54 Å². The third-order valence-corrected chi connectivity index (χ3v) is 3.34. The summed E-state index contributed by atoms with van der Waals surface area (Å²) in [4.78, 5) is 13.3. The summed E-state index contributed by atoms with van der Waals surface area (Å²) in [6, 6.07) is 5.30. The predicted molar refractivity (Wildman–Crippen MR) is 74.0 cm³/mol. The largest absolute Gasteiger partial charge is 0.497 e. The van der Waals surface area contributed by atoms with Crippen molar-refractivity contribution in [3.8, 4) is 11.5 Å². The van der Waals surface area contributed by atoms with Crippen molar-refractivity contribution in [3.63, 3.8) is 0 Å². The summed E-state index contributed by atoms with van der Waals surface area (Å²) < 4.78 is 10.4. The molecule has 0 aliphatic carbocycles. The lowest BCUT2D eigenvalue weighted by molar-refractivity contribution is -0.124. The molecule has 2 rings (SSSR count). The first-order chi connectivity index (χ1) is 9.63. The predicted octanol–water partition coefficient (Wildman–Crippen LogP) is 0.169. The van der Waals surface area contributed by atoms with E-state index in [2.05, 4.69) is 5.32 Å². The van der Waals surface area contributed by atoms with Gasteiger partial charge in [-0.1, -0.05) is 0 Å². The van der Waals surface area contributed by atoms with Gasteiger partial charge in [-0.2, -0.15) is 0 Å². The van der Waals surface area contributed by atoms with Gasteiger partial charge in [-0.05, 0) is 18.2 Å². The third-order valence-electron chi connectivity index (χ3n) is 3.34. The lowest BCUT2D eigenvalue weighted by atomic mass is 10.1. The molecule has 6 nitrogen and oxygen atoms in total. The molecule has 110 valence electrons. The number of carbonyl (C=O) groups is 1. The Morgan fingerprint density at radius 3 is 2.85 bits per heavy atom. The number of carbonyl (C=O) groups excluding carboxylic acids is 1. The number of aliphatic hydroxyl groups is 1. The second-order valence-electron chi connectivity index (χ2n) is 4.71. The molecule has 6 heteroatoms. The first-order valence-corrected chi connectivity index (χ1v) is 6.53. The van der Waals surface area contributed by atoms with Crippen LogP contribution in [0.1, 0.15) is 11.7 Å². The Bertz CT molecular complexity index is 478. The number of aliphatic hydroxyl groups excluding tert-OH is 1. The topological polar surface area (TPSA) is 71.0 Å². The second kappa shape index (κ2) is 6.58. The zero-order valence-corrected chi connectivity index (χ0v) is 11.8. The summed E-state index contributed by atoms with van der Waals surface area (Å²) in [5, 5.41) is 13.1. The quantitative estimate of drug-likeness (QED) is 0.804. The van der Waals surface area contributed by atoms with E-state index in [1.807, 2.05) is 4.90 Å². The molecule has 1 aromatic carbocycles. The minimum atomic E-state index is -0.731. The Morgan fingerprint density at radius 2 is 2.20 bits per heavy atom. The molecule has 0 saturated carbocycles. The maximum absolute atomic E-state index is 11.3. The van der Waals surface area contributed by atoms with Crippen LogP contribution in [-0.2, 0) is 4.79 Å². The van der Waals surface area contributed by atoms with Gasteiger partial charge in [0.25, 0.3) is 0 Å². The van der Waals surface area contributed by atoms with E-state index in [0.29, 0.717) is 36.7 Å². The molecule has 0 aromatic heterocycles. The smallest absolute Gasteiger partial charge is 0.234 e. The number of nitrogens with one attached hydrogen (secondary N) is 1. The van der Waals surface area contributed by atoms with Crippen molar-refractivity contribution in [2.75, 3.05) is 40.4 Å². The van der Waals surface area contributed by atoms with Gasteiger partial charge in [0, 0.05) is 25.2 Å². The van der Waals surface area contributed by atoms with E-state index in [1.165, 1.54) is 0 Å². The van der Waals surface area contributed by atoms with Gasteiger partial charge in [-0.3, -0.25) is 9.69 Å². The average Bonchev–Trinajstić information content (AvgIpc) is 2.46. The van der Waals surface area contributed by atoms with Gasteiger partial charge in [-0.15, -0.1) is 0 Å². The molecule has 1 aromatic rings. The standard InChI is InChI=1S/C14H20N2O4/c1-19-10-3-4-13(20-2)11(7-10)12(17)8-16-6-5-15-14(18)9-16/h3-4,7,12,17H,5-6,8-9H2,1-2H3,(H,15,18)/t12-/m1/s1. The van der Waals surface area contributed by atoms with Gasteiger partial charge in [0.1, 0.15) is 11.5 Å². The minimum Gasteiger partial charge on any atom is -0.497 e. The summed E-state index contributed by atoms with van der Waals surface area (Å²) in [5.74, 6) is 1.26. The summed E-state index contributed by atoms with van der Waals surface area (Å²) >= 11 is 0. The molecular weight excluding hydrogens is 260 g/mol. The summed E-state index contributed by atoms with van der Waals surface area (Å²) in [7, 11) is 3.14. The van der Waals surface area contributed by atoms with Crippen LogP contribution < -0.4 is 14.8 Å². The van der Waals surface area contributed by atoms with Crippen molar-refractivity contribution in [2.45, 2.75) is 6.10 Å². The van der Waals surface area contributed by atoms with E-state index < -0.39 is 6.10 Å². The lowest BCUT2D eigenvalue weighted by Crippen LogP contribution is -2.48. The lowest BCUT2D eigenvalue weighted by Gasteiger charge is -2.28. The monoisotopic (exact) mass is 280 g/mol. The van der Waals surface area contributed by atoms with Gasteiger partial charge in [-0.25, -0.2) is 0 Å². The number of hydrogen-bond acceptors (Lipinski definition) is 5. The van der Waals surface area contributed by atoms with Crippen LogP contribution >= 0.6 is 0 Å². The van der Waals surface area contributed by atoms with E-state index in [-0.39, 0.29) is 5.91 Å². The fourth-order valence-electron chi connectivity index (χ4n) is 2.29. The fourth-order valence-corrected chi connectivity index (χ4v) is 2.29. The molecule has 1 atom stereocenters. The molecule has 0 spiro atoms. The molecule has 1 aliphatic heterocycles. The van der Waals surface area contributed by atoms with Crippen molar-refractivity contribution >= 4 is 5.91 Å². The maximum Gasteiger partial charge on any atom is 0.234 e. The van der Waals surface area contributed by atoms with Gasteiger partial charge in [0.15, 0.2) is 0 Å². The minimum absolute atomic E-state index is 0.0129. The van der Waals surface area contributed by atoms with Crippen molar-refractivity contribution in [3.05, 3.63) is 23.8 Å². The third kappa shape index (κ3) is 3.40. The normalized spacial score (nSPS) is 17.4. The van der Waals surface area contributed by atoms with Gasteiger partial charge in [0.2, 0.25) is 5.91 Å². The van der Waals surface area contributed by atoms with Crippen molar-refractivity contribution in [2.24, 2.45) is 0 Å².